The largest absolute Gasteiger partial charge is 0.504 e. The van der Waals surface area contributed by atoms with E-state index in [4.69, 9.17) is 4.74 Å². The minimum absolute atomic E-state index is 0.0874. The zero-order valence-corrected chi connectivity index (χ0v) is 13.0. The smallest absolute Gasteiger partial charge is 0.257 e. The van der Waals surface area contributed by atoms with Crippen molar-refractivity contribution in [1.29, 1.82) is 0 Å². The van der Waals surface area contributed by atoms with E-state index in [-0.39, 0.29) is 17.2 Å². The van der Waals surface area contributed by atoms with Gasteiger partial charge in [-0.1, -0.05) is 13.0 Å². The number of likely N-dealkylation sites (tertiary alicyclic amines) is 1. The molecule has 0 radical (unpaired) electrons. The van der Waals surface area contributed by atoms with Crippen LogP contribution in [0.3, 0.4) is 0 Å². The number of ether oxygens (including phenoxy) is 1. The molecule has 1 unspecified atom stereocenters. The molecule has 0 saturated carbocycles. The first-order valence-electron chi connectivity index (χ1n) is 7.44. The number of para-hydroxylation sites is 1. The van der Waals surface area contributed by atoms with Crippen LogP contribution >= 0.6 is 0 Å². The first kappa shape index (κ1) is 15.6. The third-order valence-electron chi connectivity index (χ3n) is 4.19. The number of benzene rings is 1. The van der Waals surface area contributed by atoms with E-state index < -0.39 is 0 Å². The summed E-state index contributed by atoms with van der Waals surface area (Å²) >= 11 is 0. The maximum atomic E-state index is 12.5. The predicted octanol–water partition coefficient (Wildman–Crippen LogP) is 1.96. The van der Waals surface area contributed by atoms with Crippen LogP contribution in [0.5, 0.6) is 11.5 Å². The molecule has 116 valence electrons. The summed E-state index contributed by atoms with van der Waals surface area (Å²) in [4.78, 5) is 16.6. The number of hydrogen-bond acceptors (Lipinski definition) is 4. The van der Waals surface area contributed by atoms with Crippen molar-refractivity contribution in [3.63, 3.8) is 0 Å². The SMILES string of the molecule is CCN1CCCC1CN(C)C(=O)c1cccc(OC)c1O. The molecule has 1 aromatic rings. The van der Waals surface area contributed by atoms with E-state index in [1.54, 1.807) is 30.1 Å². The van der Waals surface area contributed by atoms with Crippen molar-refractivity contribution < 1.29 is 14.6 Å². The third-order valence-corrected chi connectivity index (χ3v) is 4.19. The Labute approximate surface area is 126 Å². The second kappa shape index (κ2) is 6.80. The van der Waals surface area contributed by atoms with E-state index in [0.29, 0.717) is 18.3 Å². The van der Waals surface area contributed by atoms with Crippen LogP contribution in [0.4, 0.5) is 0 Å². The number of phenolic OH excluding ortho intramolecular Hbond substituents is 1. The zero-order valence-electron chi connectivity index (χ0n) is 13.0. The molecule has 1 aliphatic heterocycles. The second-order valence-corrected chi connectivity index (χ2v) is 5.47. The van der Waals surface area contributed by atoms with Crippen molar-refractivity contribution in [2.75, 3.05) is 33.8 Å². The van der Waals surface area contributed by atoms with Gasteiger partial charge in [-0.3, -0.25) is 9.69 Å². The highest BCUT2D eigenvalue weighted by Crippen LogP contribution is 2.30. The molecule has 1 aliphatic rings. The van der Waals surface area contributed by atoms with Crippen LogP contribution < -0.4 is 4.74 Å². The van der Waals surface area contributed by atoms with Gasteiger partial charge in [0.05, 0.1) is 12.7 Å². The molecule has 2 rings (SSSR count). The highest BCUT2D eigenvalue weighted by molar-refractivity contribution is 5.97. The summed E-state index contributed by atoms with van der Waals surface area (Å²) in [5.74, 6) is 0.0651. The molecule has 21 heavy (non-hydrogen) atoms. The Kier molecular flexibility index (Phi) is 5.07. The average molecular weight is 292 g/mol. The summed E-state index contributed by atoms with van der Waals surface area (Å²) in [6, 6.07) is 5.40. The van der Waals surface area contributed by atoms with E-state index in [1.807, 2.05) is 0 Å². The number of methoxy groups -OCH3 is 1. The highest BCUT2D eigenvalue weighted by Gasteiger charge is 2.27. The van der Waals surface area contributed by atoms with Crippen molar-refractivity contribution in [2.24, 2.45) is 0 Å². The zero-order chi connectivity index (χ0) is 15.4. The fourth-order valence-corrected chi connectivity index (χ4v) is 2.98. The molecule has 0 spiro atoms. The quantitative estimate of drug-likeness (QED) is 0.901. The molecule has 5 heteroatoms. The van der Waals surface area contributed by atoms with Crippen LogP contribution in [0.25, 0.3) is 0 Å². The Morgan fingerprint density at radius 1 is 1.52 bits per heavy atom. The topological polar surface area (TPSA) is 53.0 Å². The molecule has 1 fully saturated rings. The van der Waals surface area contributed by atoms with E-state index in [1.165, 1.54) is 13.5 Å². The number of nitrogens with zero attached hydrogens (tertiary/aromatic N) is 2. The van der Waals surface area contributed by atoms with Gasteiger partial charge in [0.15, 0.2) is 11.5 Å². The number of hydrogen-bond donors (Lipinski definition) is 1. The number of likely N-dealkylation sites (N-methyl/N-ethyl adjacent to an activating group) is 2. The lowest BCUT2D eigenvalue weighted by Crippen LogP contribution is -2.41. The van der Waals surface area contributed by atoms with Gasteiger partial charge in [-0.05, 0) is 38.1 Å². The number of carbonyl (C=O) groups is 1. The van der Waals surface area contributed by atoms with Crippen molar-refractivity contribution in [3.05, 3.63) is 23.8 Å². The molecule has 1 heterocycles. The molecule has 1 saturated heterocycles. The highest BCUT2D eigenvalue weighted by atomic mass is 16.5. The Hall–Kier alpha value is -1.75. The van der Waals surface area contributed by atoms with Crippen LogP contribution in [0.2, 0.25) is 0 Å². The van der Waals surface area contributed by atoms with Gasteiger partial charge in [-0.2, -0.15) is 0 Å². The molecule has 5 nitrogen and oxygen atoms in total. The molecular weight excluding hydrogens is 268 g/mol. The summed E-state index contributed by atoms with van der Waals surface area (Å²) in [7, 11) is 3.26. The number of phenols is 1. The summed E-state index contributed by atoms with van der Waals surface area (Å²) in [6.07, 6.45) is 2.31. The summed E-state index contributed by atoms with van der Waals surface area (Å²) in [5, 5.41) is 10.1. The number of aromatic hydroxyl groups is 1. The standard InChI is InChI=1S/C16H24N2O3/c1-4-18-10-6-7-12(18)11-17(2)16(20)13-8-5-9-14(21-3)15(13)19/h5,8-9,12,19H,4,6-7,10-11H2,1-3H3. The van der Waals surface area contributed by atoms with Gasteiger partial charge in [0.25, 0.3) is 5.91 Å². The van der Waals surface area contributed by atoms with Gasteiger partial charge >= 0.3 is 0 Å². The number of carbonyl (C=O) groups excluding carboxylic acids is 1. The van der Waals surface area contributed by atoms with E-state index in [0.717, 1.165) is 19.5 Å². The van der Waals surface area contributed by atoms with Crippen molar-refractivity contribution in [2.45, 2.75) is 25.8 Å². The lowest BCUT2D eigenvalue weighted by molar-refractivity contribution is 0.0751. The number of rotatable bonds is 5. The summed E-state index contributed by atoms with van der Waals surface area (Å²) in [5.41, 5.74) is 0.290. The summed E-state index contributed by atoms with van der Waals surface area (Å²) < 4.78 is 5.05. The van der Waals surface area contributed by atoms with Gasteiger partial charge in [-0.25, -0.2) is 0 Å². The normalized spacial score (nSPS) is 18.7. The average Bonchev–Trinajstić information content (AvgIpc) is 2.94. The Morgan fingerprint density at radius 2 is 2.29 bits per heavy atom. The molecule has 0 bridgehead atoms. The predicted molar refractivity (Wildman–Crippen MR) is 81.9 cm³/mol. The van der Waals surface area contributed by atoms with Crippen LogP contribution in [0.1, 0.15) is 30.1 Å². The first-order valence-corrected chi connectivity index (χ1v) is 7.44. The lowest BCUT2D eigenvalue weighted by atomic mass is 10.1. The van der Waals surface area contributed by atoms with E-state index >= 15 is 0 Å². The monoisotopic (exact) mass is 292 g/mol. The lowest BCUT2D eigenvalue weighted by Gasteiger charge is -2.28. The van der Waals surface area contributed by atoms with Crippen molar-refractivity contribution >= 4 is 5.91 Å². The van der Waals surface area contributed by atoms with Crippen molar-refractivity contribution in [1.82, 2.24) is 9.80 Å². The molecule has 1 amide bonds. The van der Waals surface area contributed by atoms with Crippen molar-refractivity contribution in [3.8, 4) is 11.5 Å². The van der Waals surface area contributed by atoms with Gasteiger partial charge in [0.1, 0.15) is 0 Å². The van der Waals surface area contributed by atoms with Gasteiger partial charge in [0.2, 0.25) is 0 Å². The molecule has 0 aromatic heterocycles. The number of amides is 1. The molecule has 1 atom stereocenters. The maximum absolute atomic E-state index is 12.5. The minimum Gasteiger partial charge on any atom is -0.504 e. The van der Waals surface area contributed by atoms with E-state index in [2.05, 4.69) is 11.8 Å². The molecule has 1 aromatic carbocycles. The fourth-order valence-electron chi connectivity index (χ4n) is 2.98. The Bertz CT molecular complexity index is 504. The minimum atomic E-state index is -0.172. The Morgan fingerprint density at radius 3 is 2.95 bits per heavy atom. The fraction of sp³-hybridized carbons (Fsp3) is 0.562. The van der Waals surface area contributed by atoms with E-state index in [9.17, 15) is 9.90 Å². The van der Waals surface area contributed by atoms with Crippen LogP contribution in [-0.2, 0) is 0 Å². The first-order chi connectivity index (χ1) is 10.1. The third kappa shape index (κ3) is 3.29. The molecular formula is C16H24N2O3. The van der Waals surface area contributed by atoms with Gasteiger partial charge < -0.3 is 14.7 Å². The molecule has 0 aliphatic carbocycles. The maximum Gasteiger partial charge on any atom is 0.257 e. The van der Waals surface area contributed by atoms with Crippen LogP contribution in [0, 0.1) is 0 Å². The van der Waals surface area contributed by atoms with Gasteiger partial charge in [0, 0.05) is 19.6 Å². The van der Waals surface area contributed by atoms with Crippen LogP contribution in [0.15, 0.2) is 18.2 Å². The Balaban J connectivity index is 2.09. The van der Waals surface area contributed by atoms with Gasteiger partial charge in [-0.15, -0.1) is 0 Å². The summed E-state index contributed by atoms with van der Waals surface area (Å²) in [6.45, 7) is 4.95. The second-order valence-electron chi connectivity index (χ2n) is 5.47. The van der Waals surface area contributed by atoms with Crippen LogP contribution in [-0.4, -0.2) is 60.6 Å². The molecule has 1 N–H and O–H groups in total.